The minimum Gasteiger partial charge on any atom is -0.368 e. The third kappa shape index (κ3) is 3.91. The molecule has 5 rings (SSSR count). The summed E-state index contributed by atoms with van der Waals surface area (Å²) in [6.45, 7) is 3.54. The van der Waals surface area contributed by atoms with Gasteiger partial charge in [0.1, 0.15) is 23.7 Å². The molecular weight excluding hydrogens is 368 g/mol. The Hall–Kier alpha value is -3.42. The fourth-order valence-corrected chi connectivity index (χ4v) is 3.56. The average molecular weight is 390 g/mol. The van der Waals surface area contributed by atoms with Gasteiger partial charge in [-0.1, -0.05) is 23.4 Å². The Labute approximate surface area is 168 Å². The zero-order chi connectivity index (χ0) is 19.6. The molecular formula is C21H22N6O2. The topological polar surface area (TPSA) is 87.4 Å². The predicted molar refractivity (Wildman–Crippen MR) is 109 cm³/mol. The maximum atomic E-state index is 12.4. The fraction of sp³-hybridized carbons (Fsp3) is 0.333. The number of amides is 1. The molecule has 0 unspecified atom stereocenters. The van der Waals surface area contributed by atoms with Gasteiger partial charge >= 0.3 is 0 Å². The largest absolute Gasteiger partial charge is 0.368 e. The lowest BCUT2D eigenvalue weighted by molar-refractivity contribution is 0.101. The van der Waals surface area contributed by atoms with Crippen LogP contribution in [0.1, 0.15) is 35.0 Å². The van der Waals surface area contributed by atoms with Crippen molar-refractivity contribution in [2.24, 2.45) is 0 Å². The van der Waals surface area contributed by atoms with Crippen molar-refractivity contribution in [2.75, 3.05) is 41.3 Å². The van der Waals surface area contributed by atoms with Crippen LogP contribution >= 0.6 is 0 Å². The number of aromatic nitrogens is 3. The van der Waals surface area contributed by atoms with Crippen LogP contribution in [0.2, 0.25) is 0 Å². The van der Waals surface area contributed by atoms with Crippen molar-refractivity contribution in [1.82, 2.24) is 15.1 Å². The van der Waals surface area contributed by atoms with Gasteiger partial charge in [0.2, 0.25) is 0 Å². The molecule has 148 valence electrons. The third-order valence-electron chi connectivity index (χ3n) is 5.36. The van der Waals surface area contributed by atoms with Gasteiger partial charge in [-0.2, -0.15) is 0 Å². The molecule has 8 heteroatoms. The Balaban J connectivity index is 1.22. The molecule has 8 nitrogen and oxygen atoms in total. The lowest BCUT2D eigenvalue weighted by Crippen LogP contribution is -2.46. The van der Waals surface area contributed by atoms with Crippen LogP contribution < -0.4 is 15.1 Å². The van der Waals surface area contributed by atoms with Gasteiger partial charge in [0, 0.05) is 49.9 Å². The van der Waals surface area contributed by atoms with Crippen LogP contribution in [0.5, 0.6) is 0 Å². The second-order valence-electron chi connectivity index (χ2n) is 7.41. The molecule has 2 fully saturated rings. The molecule has 1 saturated heterocycles. The highest BCUT2D eigenvalue weighted by molar-refractivity contribution is 6.02. The predicted octanol–water partition coefficient (Wildman–Crippen LogP) is 2.92. The minimum atomic E-state index is -0.320. The van der Waals surface area contributed by atoms with Crippen molar-refractivity contribution in [2.45, 2.75) is 18.8 Å². The average Bonchev–Trinajstić information content (AvgIpc) is 3.51. The number of hydrogen-bond acceptors (Lipinski definition) is 7. The number of carbonyl (C=O) groups is 1. The van der Waals surface area contributed by atoms with Crippen LogP contribution in [0.25, 0.3) is 0 Å². The van der Waals surface area contributed by atoms with Crippen LogP contribution in [-0.4, -0.2) is 47.2 Å². The molecule has 1 aliphatic carbocycles. The molecule has 1 saturated carbocycles. The van der Waals surface area contributed by atoms with Gasteiger partial charge in [-0.25, -0.2) is 9.97 Å². The van der Waals surface area contributed by atoms with Gasteiger partial charge in [0.25, 0.3) is 5.91 Å². The summed E-state index contributed by atoms with van der Waals surface area (Å²) in [5.41, 5.74) is 1.52. The number of nitrogens with zero attached hydrogens (tertiary/aromatic N) is 5. The van der Waals surface area contributed by atoms with E-state index in [9.17, 15) is 4.79 Å². The van der Waals surface area contributed by atoms with Crippen LogP contribution in [0.3, 0.4) is 0 Å². The Morgan fingerprint density at radius 1 is 1.00 bits per heavy atom. The van der Waals surface area contributed by atoms with Crippen LogP contribution in [0.4, 0.5) is 17.3 Å². The number of benzene rings is 1. The van der Waals surface area contributed by atoms with E-state index < -0.39 is 0 Å². The number of anilines is 3. The van der Waals surface area contributed by atoms with E-state index >= 15 is 0 Å². The lowest BCUT2D eigenvalue weighted by atomic mass is 10.2. The second kappa shape index (κ2) is 7.54. The highest BCUT2D eigenvalue weighted by Gasteiger charge is 2.29. The zero-order valence-corrected chi connectivity index (χ0v) is 16.0. The van der Waals surface area contributed by atoms with E-state index in [4.69, 9.17) is 4.52 Å². The quantitative estimate of drug-likeness (QED) is 0.717. The van der Waals surface area contributed by atoms with E-state index in [1.807, 2.05) is 6.07 Å². The molecule has 29 heavy (non-hydrogen) atoms. The first-order valence-electron chi connectivity index (χ1n) is 9.91. The number of rotatable bonds is 5. The van der Waals surface area contributed by atoms with E-state index in [1.54, 1.807) is 12.1 Å². The SMILES string of the molecule is O=C(Nc1cc(N2CCN(c3ccccc3)CC2)ncn1)c1cc(C2CC2)on1. The first kappa shape index (κ1) is 17.7. The molecule has 2 aromatic heterocycles. The molecule has 1 amide bonds. The van der Waals surface area contributed by atoms with E-state index in [0.29, 0.717) is 11.7 Å². The van der Waals surface area contributed by atoms with E-state index in [2.05, 4.69) is 54.5 Å². The van der Waals surface area contributed by atoms with Gasteiger partial charge < -0.3 is 19.6 Å². The summed E-state index contributed by atoms with van der Waals surface area (Å²) in [5, 5.41) is 6.67. The fourth-order valence-electron chi connectivity index (χ4n) is 3.56. The Bertz CT molecular complexity index is 993. The van der Waals surface area contributed by atoms with Gasteiger partial charge in [-0.3, -0.25) is 4.79 Å². The molecule has 0 atom stereocenters. The molecule has 2 aliphatic rings. The number of para-hydroxylation sites is 1. The van der Waals surface area contributed by atoms with Gasteiger partial charge in [-0.05, 0) is 25.0 Å². The standard InChI is InChI=1S/C21H22N6O2/c28-21(17-12-18(29-25-17)15-6-7-15)24-19-13-20(23-14-22-19)27-10-8-26(9-11-27)16-4-2-1-3-5-16/h1-5,12-15H,6-11H2,(H,22,23,24,28). The molecule has 1 N–H and O–H groups in total. The molecule has 0 spiro atoms. The molecule has 0 radical (unpaired) electrons. The summed E-state index contributed by atoms with van der Waals surface area (Å²) in [6, 6.07) is 13.9. The summed E-state index contributed by atoms with van der Waals surface area (Å²) in [5.74, 6) is 2.15. The smallest absolute Gasteiger partial charge is 0.279 e. The molecule has 0 bridgehead atoms. The van der Waals surface area contributed by atoms with Crippen LogP contribution in [0.15, 0.2) is 53.3 Å². The highest BCUT2D eigenvalue weighted by atomic mass is 16.5. The van der Waals surface area contributed by atoms with Crippen LogP contribution in [0, 0.1) is 0 Å². The normalized spacial score (nSPS) is 16.7. The van der Waals surface area contributed by atoms with Crippen molar-refractivity contribution in [1.29, 1.82) is 0 Å². The molecule has 3 aromatic rings. The molecule has 3 heterocycles. The van der Waals surface area contributed by atoms with E-state index in [1.165, 1.54) is 12.0 Å². The van der Waals surface area contributed by atoms with Crippen molar-refractivity contribution in [3.05, 3.63) is 60.2 Å². The van der Waals surface area contributed by atoms with Gasteiger partial charge in [-0.15, -0.1) is 0 Å². The van der Waals surface area contributed by atoms with Gasteiger partial charge in [0.15, 0.2) is 5.69 Å². The van der Waals surface area contributed by atoms with Crippen molar-refractivity contribution < 1.29 is 9.32 Å². The monoisotopic (exact) mass is 390 g/mol. The van der Waals surface area contributed by atoms with Crippen molar-refractivity contribution in [3.8, 4) is 0 Å². The van der Waals surface area contributed by atoms with E-state index in [0.717, 1.165) is 50.6 Å². The number of piperazine rings is 1. The Morgan fingerprint density at radius 2 is 1.76 bits per heavy atom. The number of hydrogen-bond donors (Lipinski definition) is 1. The Kier molecular flexibility index (Phi) is 4.59. The first-order valence-corrected chi connectivity index (χ1v) is 9.91. The number of carbonyl (C=O) groups excluding carboxylic acids is 1. The highest BCUT2D eigenvalue weighted by Crippen LogP contribution is 2.40. The van der Waals surface area contributed by atoms with Crippen LogP contribution in [-0.2, 0) is 0 Å². The van der Waals surface area contributed by atoms with Crippen molar-refractivity contribution >= 4 is 23.2 Å². The third-order valence-corrected chi connectivity index (χ3v) is 5.36. The number of nitrogens with one attached hydrogen (secondary N) is 1. The maximum absolute atomic E-state index is 12.4. The van der Waals surface area contributed by atoms with Crippen molar-refractivity contribution in [3.63, 3.8) is 0 Å². The summed E-state index contributed by atoms with van der Waals surface area (Å²) in [4.78, 5) is 25.6. The maximum Gasteiger partial charge on any atom is 0.279 e. The van der Waals surface area contributed by atoms with Gasteiger partial charge in [0.05, 0.1) is 0 Å². The summed E-state index contributed by atoms with van der Waals surface area (Å²) < 4.78 is 5.26. The summed E-state index contributed by atoms with van der Waals surface area (Å²) in [6.07, 6.45) is 3.68. The Morgan fingerprint density at radius 3 is 2.52 bits per heavy atom. The molecule has 1 aliphatic heterocycles. The zero-order valence-electron chi connectivity index (χ0n) is 16.0. The lowest BCUT2D eigenvalue weighted by Gasteiger charge is -2.36. The summed E-state index contributed by atoms with van der Waals surface area (Å²) >= 11 is 0. The van der Waals surface area contributed by atoms with E-state index in [-0.39, 0.29) is 11.6 Å². The summed E-state index contributed by atoms with van der Waals surface area (Å²) in [7, 11) is 0. The molecule has 1 aromatic carbocycles. The minimum absolute atomic E-state index is 0.281. The first-order chi connectivity index (χ1) is 14.3. The second-order valence-corrected chi connectivity index (χ2v) is 7.41.